The summed E-state index contributed by atoms with van der Waals surface area (Å²) in [5.74, 6) is 1.31. The summed E-state index contributed by atoms with van der Waals surface area (Å²) >= 11 is 0. The number of hydrogen-bond donors (Lipinski definition) is 1. The summed E-state index contributed by atoms with van der Waals surface area (Å²) in [6, 6.07) is 15.4. The van der Waals surface area contributed by atoms with Crippen molar-refractivity contribution >= 4 is 12.0 Å². The molecule has 0 spiro atoms. The van der Waals surface area contributed by atoms with Crippen molar-refractivity contribution in [2.45, 2.75) is 13.0 Å². The molecule has 3 rings (SSSR count). The van der Waals surface area contributed by atoms with Crippen molar-refractivity contribution in [3.63, 3.8) is 0 Å². The first-order valence-electron chi connectivity index (χ1n) is 7.15. The van der Waals surface area contributed by atoms with Crippen molar-refractivity contribution in [3.8, 4) is 11.5 Å². The summed E-state index contributed by atoms with van der Waals surface area (Å²) < 4.78 is 10.6. The predicted molar refractivity (Wildman–Crippen MR) is 84.6 cm³/mol. The number of carbonyl (C=O) groups is 1. The SMILES string of the molecule is CC(NC(=O)C=Cc1ccc2c(c1)OCO2)c1ccccc1. The maximum Gasteiger partial charge on any atom is 0.244 e. The molecule has 2 aromatic carbocycles. The van der Waals surface area contributed by atoms with Crippen LogP contribution < -0.4 is 14.8 Å². The van der Waals surface area contributed by atoms with E-state index in [4.69, 9.17) is 9.47 Å². The van der Waals surface area contributed by atoms with E-state index in [1.54, 1.807) is 6.08 Å². The molecule has 2 aromatic rings. The minimum absolute atomic E-state index is 0.0323. The Labute approximate surface area is 129 Å². The van der Waals surface area contributed by atoms with Gasteiger partial charge < -0.3 is 14.8 Å². The van der Waals surface area contributed by atoms with Gasteiger partial charge in [-0.05, 0) is 36.3 Å². The molecular formula is C18H17NO3. The van der Waals surface area contributed by atoms with E-state index in [-0.39, 0.29) is 18.7 Å². The van der Waals surface area contributed by atoms with Crippen molar-refractivity contribution in [1.29, 1.82) is 0 Å². The van der Waals surface area contributed by atoms with Gasteiger partial charge in [-0.2, -0.15) is 0 Å². The number of nitrogens with one attached hydrogen (secondary N) is 1. The average molecular weight is 295 g/mol. The lowest BCUT2D eigenvalue weighted by molar-refractivity contribution is -0.117. The molecule has 112 valence electrons. The molecule has 1 unspecified atom stereocenters. The normalized spacial score (nSPS) is 14.0. The van der Waals surface area contributed by atoms with Crippen LogP contribution in [0.15, 0.2) is 54.6 Å². The average Bonchev–Trinajstić information content (AvgIpc) is 3.01. The first kappa shape index (κ1) is 14.2. The zero-order chi connectivity index (χ0) is 15.4. The van der Waals surface area contributed by atoms with Crippen LogP contribution in [0.25, 0.3) is 6.08 Å². The summed E-state index contributed by atoms with van der Waals surface area (Å²) in [5.41, 5.74) is 1.97. The molecule has 0 fully saturated rings. The highest BCUT2D eigenvalue weighted by atomic mass is 16.7. The van der Waals surface area contributed by atoms with E-state index in [0.29, 0.717) is 5.75 Å². The van der Waals surface area contributed by atoms with Crippen LogP contribution in [0.4, 0.5) is 0 Å². The number of carbonyl (C=O) groups excluding carboxylic acids is 1. The standard InChI is InChI=1S/C18H17NO3/c1-13(15-5-3-2-4-6-15)19-18(20)10-8-14-7-9-16-17(11-14)22-12-21-16/h2-11,13H,12H2,1H3,(H,19,20). The maximum absolute atomic E-state index is 12.0. The molecular weight excluding hydrogens is 278 g/mol. The lowest BCUT2D eigenvalue weighted by Crippen LogP contribution is -2.24. The van der Waals surface area contributed by atoms with Gasteiger partial charge in [0.2, 0.25) is 12.7 Å². The first-order valence-corrected chi connectivity index (χ1v) is 7.15. The van der Waals surface area contributed by atoms with Crippen molar-refractivity contribution in [2.75, 3.05) is 6.79 Å². The topological polar surface area (TPSA) is 47.6 Å². The Morgan fingerprint density at radius 1 is 1.14 bits per heavy atom. The van der Waals surface area contributed by atoms with Gasteiger partial charge in [-0.25, -0.2) is 0 Å². The van der Waals surface area contributed by atoms with Gasteiger partial charge >= 0.3 is 0 Å². The molecule has 22 heavy (non-hydrogen) atoms. The Morgan fingerprint density at radius 2 is 1.91 bits per heavy atom. The van der Waals surface area contributed by atoms with Gasteiger partial charge in [-0.1, -0.05) is 36.4 Å². The van der Waals surface area contributed by atoms with Crippen LogP contribution in [0.1, 0.15) is 24.1 Å². The van der Waals surface area contributed by atoms with Gasteiger partial charge in [-0.15, -0.1) is 0 Å². The second-order valence-corrected chi connectivity index (χ2v) is 5.09. The Balaban J connectivity index is 1.62. The van der Waals surface area contributed by atoms with E-state index in [1.807, 2.05) is 55.5 Å². The van der Waals surface area contributed by atoms with Crippen LogP contribution in [0.5, 0.6) is 11.5 Å². The van der Waals surface area contributed by atoms with E-state index in [1.165, 1.54) is 6.08 Å². The molecule has 0 bridgehead atoms. The largest absolute Gasteiger partial charge is 0.454 e. The predicted octanol–water partition coefficient (Wildman–Crippen LogP) is 3.31. The number of hydrogen-bond acceptors (Lipinski definition) is 3. The molecule has 1 aliphatic heterocycles. The van der Waals surface area contributed by atoms with Crippen LogP contribution in [0, 0.1) is 0 Å². The molecule has 0 radical (unpaired) electrons. The Morgan fingerprint density at radius 3 is 2.73 bits per heavy atom. The van der Waals surface area contributed by atoms with E-state index in [2.05, 4.69) is 5.32 Å². The van der Waals surface area contributed by atoms with Gasteiger partial charge in [-0.3, -0.25) is 4.79 Å². The minimum atomic E-state index is -0.131. The van der Waals surface area contributed by atoms with Gasteiger partial charge in [0, 0.05) is 6.08 Å². The lowest BCUT2D eigenvalue weighted by atomic mass is 10.1. The fourth-order valence-electron chi connectivity index (χ4n) is 2.28. The van der Waals surface area contributed by atoms with Crippen molar-refractivity contribution < 1.29 is 14.3 Å². The van der Waals surface area contributed by atoms with Gasteiger partial charge in [0.25, 0.3) is 0 Å². The van der Waals surface area contributed by atoms with E-state index in [9.17, 15) is 4.79 Å². The summed E-state index contributed by atoms with van der Waals surface area (Å²) in [4.78, 5) is 12.0. The molecule has 1 atom stereocenters. The quantitative estimate of drug-likeness (QED) is 0.880. The van der Waals surface area contributed by atoms with E-state index in [0.717, 1.165) is 16.9 Å². The zero-order valence-corrected chi connectivity index (χ0v) is 12.3. The molecule has 1 heterocycles. The molecule has 4 heteroatoms. The highest BCUT2D eigenvalue weighted by Gasteiger charge is 2.12. The number of amides is 1. The van der Waals surface area contributed by atoms with Gasteiger partial charge in [0.05, 0.1) is 6.04 Å². The Hall–Kier alpha value is -2.75. The van der Waals surface area contributed by atoms with Crippen molar-refractivity contribution in [3.05, 3.63) is 65.7 Å². The van der Waals surface area contributed by atoms with E-state index < -0.39 is 0 Å². The van der Waals surface area contributed by atoms with Crippen LogP contribution in [0.3, 0.4) is 0 Å². The monoisotopic (exact) mass is 295 g/mol. The van der Waals surface area contributed by atoms with Crippen molar-refractivity contribution in [2.24, 2.45) is 0 Å². The Bertz CT molecular complexity index is 695. The van der Waals surface area contributed by atoms with Crippen LogP contribution in [-0.4, -0.2) is 12.7 Å². The molecule has 0 aromatic heterocycles. The third-order valence-electron chi connectivity index (χ3n) is 3.48. The molecule has 1 aliphatic rings. The number of benzene rings is 2. The summed E-state index contributed by atoms with van der Waals surface area (Å²) in [6.07, 6.45) is 3.28. The van der Waals surface area contributed by atoms with E-state index >= 15 is 0 Å². The summed E-state index contributed by atoms with van der Waals surface area (Å²) in [5, 5.41) is 2.94. The summed E-state index contributed by atoms with van der Waals surface area (Å²) in [6.45, 7) is 2.21. The molecule has 4 nitrogen and oxygen atoms in total. The fourth-order valence-corrected chi connectivity index (χ4v) is 2.28. The van der Waals surface area contributed by atoms with Crippen LogP contribution >= 0.6 is 0 Å². The third-order valence-corrected chi connectivity index (χ3v) is 3.48. The minimum Gasteiger partial charge on any atom is -0.454 e. The highest BCUT2D eigenvalue weighted by molar-refractivity contribution is 5.92. The zero-order valence-electron chi connectivity index (χ0n) is 12.3. The lowest BCUT2D eigenvalue weighted by Gasteiger charge is -2.12. The molecule has 0 saturated heterocycles. The summed E-state index contributed by atoms with van der Waals surface area (Å²) in [7, 11) is 0. The van der Waals surface area contributed by atoms with Crippen LogP contribution in [-0.2, 0) is 4.79 Å². The number of ether oxygens (including phenoxy) is 2. The highest BCUT2D eigenvalue weighted by Crippen LogP contribution is 2.32. The second-order valence-electron chi connectivity index (χ2n) is 5.09. The second kappa shape index (κ2) is 6.35. The molecule has 1 N–H and O–H groups in total. The number of fused-ring (bicyclic) bond motifs is 1. The molecule has 0 aliphatic carbocycles. The fraction of sp³-hybridized carbons (Fsp3) is 0.167. The van der Waals surface area contributed by atoms with Gasteiger partial charge in [0.1, 0.15) is 0 Å². The smallest absolute Gasteiger partial charge is 0.244 e. The maximum atomic E-state index is 12.0. The van der Waals surface area contributed by atoms with Crippen molar-refractivity contribution in [1.82, 2.24) is 5.32 Å². The van der Waals surface area contributed by atoms with Gasteiger partial charge in [0.15, 0.2) is 11.5 Å². The van der Waals surface area contributed by atoms with Crippen LogP contribution in [0.2, 0.25) is 0 Å². The first-order chi connectivity index (χ1) is 10.7. The Kier molecular flexibility index (Phi) is 4.10. The molecule has 1 amide bonds. The molecule has 0 saturated carbocycles. The number of rotatable bonds is 4. The third kappa shape index (κ3) is 3.28.